The molecular formula is C12H14O3. The first-order valence-electron chi connectivity index (χ1n) is 5.07. The van der Waals surface area contributed by atoms with Crippen molar-refractivity contribution in [2.24, 2.45) is 5.92 Å². The highest BCUT2D eigenvalue weighted by atomic mass is 16.4. The first-order chi connectivity index (χ1) is 7.04. The lowest BCUT2D eigenvalue weighted by Gasteiger charge is -2.43. The normalized spacial score (nSPS) is 29.5. The van der Waals surface area contributed by atoms with Gasteiger partial charge in [-0.05, 0) is 36.5 Å². The molecule has 1 aliphatic carbocycles. The van der Waals surface area contributed by atoms with E-state index in [-0.39, 0.29) is 5.75 Å². The number of phenolic OH excluding ortho intramolecular Hbond substituents is 1. The Balaban J connectivity index is 2.39. The second-order valence-corrected chi connectivity index (χ2v) is 4.45. The highest BCUT2D eigenvalue weighted by molar-refractivity contribution is 5.83. The van der Waals surface area contributed by atoms with Crippen LogP contribution in [0.2, 0.25) is 0 Å². The zero-order chi connectivity index (χ0) is 11.1. The van der Waals surface area contributed by atoms with Crippen LogP contribution in [0.3, 0.4) is 0 Å². The first kappa shape index (κ1) is 10.0. The summed E-state index contributed by atoms with van der Waals surface area (Å²) in [7, 11) is 0. The molecule has 0 bridgehead atoms. The van der Waals surface area contributed by atoms with Crippen molar-refractivity contribution in [3.63, 3.8) is 0 Å². The summed E-state index contributed by atoms with van der Waals surface area (Å²) in [6, 6.07) is 6.58. The quantitative estimate of drug-likeness (QED) is 0.779. The summed E-state index contributed by atoms with van der Waals surface area (Å²) in [4.78, 5) is 11.3. The fraction of sp³-hybridized carbons (Fsp3) is 0.417. The van der Waals surface area contributed by atoms with E-state index in [4.69, 9.17) is 0 Å². The molecule has 0 saturated heterocycles. The van der Waals surface area contributed by atoms with E-state index >= 15 is 0 Å². The van der Waals surface area contributed by atoms with Gasteiger partial charge in [0, 0.05) is 0 Å². The third-order valence-corrected chi connectivity index (χ3v) is 3.20. The Hall–Kier alpha value is -1.51. The Morgan fingerprint density at radius 2 is 2.13 bits per heavy atom. The predicted molar refractivity (Wildman–Crippen MR) is 55.8 cm³/mol. The zero-order valence-corrected chi connectivity index (χ0v) is 8.60. The van der Waals surface area contributed by atoms with E-state index in [1.54, 1.807) is 24.3 Å². The number of benzene rings is 1. The average Bonchev–Trinajstić information content (AvgIpc) is 2.12. The maximum Gasteiger partial charge on any atom is 0.314 e. The highest BCUT2D eigenvalue weighted by Gasteiger charge is 2.49. The second kappa shape index (κ2) is 3.26. The topological polar surface area (TPSA) is 57.5 Å². The molecule has 0 heterocycles. The number of carboxylic acid groups (broad SMARTS) is 1. The number of carbonyl (C=O) groups is 1. The lowest BCUT2D eigenvalue weighted by molar-refractivity contribution is -0.149. The molecule has 3 nitrogen and oxygen atoms in total. The number of aromatic hydroxyl groups is 1. The fourth-order valence-corrected chi connectivity index (χ4v) is 2.47. The third-order valence-electron chi connectivity index (χ3n) is 3.20. The molecule has 0 aromatic heterocycles. The highest BCUT2D eigenvalue weighted by Crippen LogP contribution is 2.48. The first-order valence-corrected chi connectivity index (χ1v) is 5.07. The van der Waals surface area contributed by atoms with Gasteiger partial charge in [-0.15, -0.1) is 0 Å². The summed E-state index contributed by atoms with van der Waals surface area (Å²) in [5.74, 6) is -0.206. The Labute approximate surface area is 88.4 Å². The van der Waals surface area contributed by atoms with Gasteiger partial charge in [0.15, 0.2) is 0 Å². The Morgan fingerprint density at radius 1 is 1.47 bits per heavy atom. The lowest BCUT2D eigenvalue weighted by atomic mass is 9.59. The molecule has 2 rings (SSSR count). The Kier molecular flexibility index (Phi) is 2.18. The number of carboxylic acids is 1. The van der Waals surface area contributed by atoms with Gasteiger partial charge in [-0.1, -0.05) is 19.1 Å². The molecule has 1 saturated carbocycles. The van der Waals surface area contributed by atoms with Crippen LogP contribution in [0.25, 0.3) is 0 Å². The van der Waals surface area contributed by atoms with Gasteiger partial charge in [-0.2, -0.15) is 0 Å². The SMILES string of the molecule is CC1CC(C(=O)O)(c2cccc(O)c2)C1. The average molecular weight is 206 g/mol. The van der Waals surface area contributed by atoms with Gasteiger partial charge in [0.05, 0.1) is 5.41 Å². The van der Waals surface area contributed by atoms with Crippen LogP contribution >= 0.6 is 0 Å². The maximum absolute atomic E-state index is 11.3. The molecule has 1 aromatic carbocycles. The lowest BCUT2D eigenvalue weighted by Crippen LogP contribution is -2.46. The summed E-state index contributed by atoms with van der Waals surface area (Å²) < 4.78 is 0. The molecule has 1 fully saturated rings. The Morgan fingerprint density at radius 3 is 2.60 bits per heavy atom. The maximum atomic E-state index is 11.3. The van der Waals surface area contributed by atoms with Crippen LogP contribution in [-0.4, -0.2) is 16.2 Å². The van der Waals surface area contributed by atoms with Gasteiger partial charge in [0.1, 0.15) is 5.75 Å². The number of hydrogen-bond acceptors (Lipinski definition) is 2. The van der Waals surface area contributed by atoms with Crippen LogP contribution in [0.15, 0.2) is 24.3 Å². The van der Waals surface area contributed by atoms with Crippen molar-refractivity contribution in [2.75, 3.05) is 0 Å². The minimum atomic E-state index is -0.786. The van der Waals surface area contributed by atoms with E-state index in [0.717, 1.165) is 0 Å². The standard InChI is InChI=1S/C12H14O3/c1-8-6-12(7-8,11(14)15)9-3-2-4-10(13)5-9/h2-5,8,13H,6-7H2,1H3,(H,14,15). The second-order valence-electron chi connectivity index (χ2n) is 4.45. The largest absolute Gasteiger partial charge is 0.508 e. The molecule has 3 heteroatoms. The molecule has 2 N–H and O–H groups in total. The number of phenols is 1. The van der Waals surface area contributed by atoms with E-state index in [9.17, 15) is 15.0 Å². The molecule has 0 unspecified atom stereocenters. The van der Waals surface area contributed by atoms with Crippen molar-refractivity contribution in [1.82, 2.24) is 0 Å². The van der Waals surface area contributed by atoms with Crippen molar-refractivity contribution in [3.05, 3.63) is 29.8 Å². The van der Waals surface area contributed by atoms with Gasteiger partial charge >= 0.3 is 5.97 Å². The third kappa shape index (κ3) is 1.48. The van der Waals surface area contributed by atoms with Crippen molar-refractivity contribution in [3.8, 4) is 5.75 Å². The number of hydrogen-bond donors (Lipinski definition) is 2. The van der Waals surface area contributed by atoms with Gasteiger partial charge in [0.2, 0.25) is 0 Å². The molecule has 1 aliphatic rings. The number of aliphatic carboxylic acids is 1. The van der Waals surface area contributed by atoms with Crippen LogP contribution in [0.1, 0.15) is 25.3 Å². The smallest absolute Gasteiger partial charge is 0.314 e. The fourth-order valence-electron chi connectivity index (χ4n) is 2.47. The molecule has 0 radical (unpaired) electrons. The van der Waals surface area contributed by atoms with E-state index in [1.165, 1.54) is 0 Å². The van der Waals surface area contributed by atoms with E-state index in [2.05, 4.69) is 0 Å². The van der Waals surface area contributed by atoms with Crippen LogP contribution in [0.4, 0.5) is 0 Å². The van der Waals surface area contributed by atoms with Gasteiger partial charge in [0.25, 0.3) is 0 Å². The molecule has 80 valence electrons. The summed E-state index contributed by atoms with van der Waals surface area (Å²) in [5, 5.41) is 18.6. The molecule has 0 atom stereocenters. The van der Waals surface area contributed by atoms with Crippen molar-refractivity contribution in [1.29, 1.82) is 0 Å². The van der Waals surface area contributed by atoms with Crippen LogP contribution in [-0.2, 0) is 10.2 Å². The summed E-state index contributed by atoms with van der Waals surface area (Å²) >= 11 is 0. The molecular weight excluding hydrogens is 192 g/mol. The van der Waals surface area contributed by atoms with Crippen molar-refractivity contribution in [2.45, 2.75) is 25.2 Å². The molecule has 15 heavy (non-hydrogen) atoms. The summed E-state index contributed by atoms with van der Waals surface area (Å²) in [5.41, 5.74) is -0.0499. The minimum Gasteiger partial charge on any atom is -0.508 e. The van der Waals surface area contributed by atoms with E-state index in [0.29, 0.717) is 24.3 Å². The minimum absolute atomic E-state index is 0.132. The molecule has 0 aliphatic heterocycles. The van der Waals surface area contributed by atoms with Gasteiger partial charge in [-0.25, -0.2) is 0 Å². The van der Waals surface area contributed by atoms with Gasteiger partial charge in [-0.3, -0.25) is 4.79 Å². The van der Waals surface area contributed by atoms with Gasteiger partial charge < -0.3 is 10.2 Å². The van der Waals surface area contributed by atoms with Crippen LogP contribution < -0.4 is 0 Å². The molecule has 1 aromatic rings. The van der Waals surface area contributed by atoms with Crippen molar-refractivity contribution < 1.29 is 15.0 Å². The summed E-state index contributed by atoms with van der Waals surface area (Å²) in [6.07, 6.45) is 1.32. The van der Waals surface area contributed by atoms with Crippen LogP contribution in [0, 0.1) is 5.92 Å². The Bertz CT molecular complexity index is 392. The monoisotopic (exact) mass is 206 g/mol. The zero-order valence-electron chi connectivity index (χ0n) is 8.60. The van der Waals surface area contributed by atoms with E-state index < -0.39 is 11.4 Å². The number of rotatable bonds is 2. The summed E-state index contributed by atoms with van der Waals surface area (Å²) in [6.45, 7) is 2.05. The van der Waals surface area contributed by atoms with Crippen molar-refractivity contribution >= 4 is 5.97 Å². The van der Waals surface area contributed by atoms with Crippen LogP contribution in [0.5, 0.6) is 5.75 Å². The van der Waals surface area contributed by atoms with E-state index in [1.807, 2.05) is 6.92 Å². The molecule has 0 amide bonds. The predicted octanol–water partition coefficient (Wildman–Crippen LogP) is 2.14. The molecule has 0 spiro atoms.